The van der Waals surface area contributed by atoms with Gasteiger partial charge < -0.3 is 9.90 Å². The van der Waals surface area contributed by atoms with Gasteiger partial charge in [0.15, 0.2) is 0 Å². The molecule has 1 amide bonds. The molecular weight excluding hydrogens is 210 g/mol. The monoisotopic (exact) mass is 218 g/mol. The lowest BCUT2D eigenvalue weighted by Gasteiger charge is -2.14. The molecule has 1 atom stereocenters. The number of aliphatic carboxylic acids is 1. The molecule has 0 saturated carbocycles. The van der Waals surface area contributed by atoms with Crippen molar-refractivity contribution in [3.8, 4) is 0 Å². The lowest BCUT2D eigenvalue weighted by atomic mass is 10.3. The molecule has 0 unspecified atom stereocenters. The molecule has 1 fully saturated rings. The first-order valence-corrected chi connectivity index (χ1v) is 5.03. The molecule has 13 heavy (non-hydrogen) atoms. The highest BCUT2D eigenvalue weighted by atomic mass is 32.2. The highest BCUT2D eigenvalue weighted by Crippen LogP contribution is 2.26. The number of amides is 1. The van der Waals surface area contributed by atoms with Crippen molar-refractivity contribution in [1.82, 2.24) is 4.90 Å². The van der Waals surface area contributed by atoms with Gasteiger partial charge in [-0.25, -0.2) is 0 Å². The van der Waals surface area contributed by atoms with E-state index in [0.717, 1.165) is 0 Å². The minimum Gasteiger partial charge on any atom is -0.550 e. The zero-order valence-corrected chi connectivity index (χ0v) is 8.61. The number of thiocarbonyl (C=S) groups is 1. The maximum absolute atomic E-state index is 11.3. The number of carbonyl (C=O) groups excluding carboxylic acids is 2. The van der Waals surface area contributed by atoms with E-state index in [9.17, 15) is 14.7 Å². The smallest absolute Gasteiger partial charge is 0.241 e. The largest absolute Gasteiger partial charge is 0.550 e. The second-order valence-corrected chi connectivity index (χ2v) is 4.61. The van der Waals surface area contributed by atoms with E-state index in [1.165, 1.54) is 16.7 Å². The van der Waals surface area contributed by atoms with Gasteiger partial charge in [0.05, 0.1) is 5.25 Å². The summed E-state index contributed by atoms with van der Waals surface area (Å²) in [5.41, 5.74) is 0. The molecular formula is C7H8NO3S2-. The van der Waals surface area contributed by atoms with Gasteiger partial charge in [0, 0.05) is 18.9 Å². The molecule has 1 heterocycles. The summed E-state index contributed by atoms with van der Waals surface area (Å²) in [5, 5.41) is 9.97. The lowest BCUT2D eigenvalue weighted by molar-refractivity contribution is -0.305. The van der Waals surface area contributed by atoms with Gasteiger partial charge in [-0.15, -0.1) is 0 Å². The number of hydrogen-bond acceptors (Lipinski definition) is 5. The van der Waals surface area contributed by atoms with Gasteiger partial charge in [-0.1, -0.05) is 24.0 Å². The number of carbonyl (C=O) groups is 2. The Kier molecular flexibility index (Phi) is 3.27. The van der Waals surface area contributed by atoms with Crippen molar-refractivity contribution in [2.45, 2.75) is 18.6 Å². The van der Waals surface area contributed by atoms with Gasteiger partial charge in [-0.05, 0) is 6.92 Å². The van der Waals surface area contributed by atoms with E-state index in [1.807, 2.05) is 0 Å². The zero-order valence-electron chi connectivity index (χ0n) is 6.98. The fourth-order valence-electron chi connectivity index (χ4n) is 0.979. The molecule has 1 aliphatic heterocycles. The molecule has 6 heteroatoms. The predicted molar refractivity (Wildman–Crippen MR) is 51.0 cm³/mol. The summed E-state index contributed by atoms with van der Waals surface area (Å²) in [6.07, 6.45) is -0.168. The van der Waals surface area contributed by atoms with Crippen molar-refractivity contribution in [1.29, 1.82) is 0 Å². The molecule has 0 aromatic heterocycles. The van der Waals surface area contributed by atoms with Gasteiger partial charge in [0.1, 0.15) is 4.32 Å². The van der Waals surface area contributed by atoms with Crippen LogP contribution in [-0.4, -0.2) is 32.9 Å². The van der Waals surface area contributed by atoms with Crippen LogP contribution < -0.4 is 5.11 Å². The van der Waals surface area contributed by atoms with E-state index in [2.05, 4.69) is 0 Å². The normalized spacial score (nSPS) is 22.5. The number of nitrogens with zero attached hydrogens (tertiary/aromatic N) is 1. The average molecular weight is 218 g/mol. The third-order valence-electron chi connectivity index (χ3n) is 1.65. The Morgan fingerprint density at radius 3 is 2.77 bits per heavy atom. The summed E-state index contributed by atoms with van der Waals surface area (Å²) >= 11 is 6.18. The van der Waals surface area contributed by atoms with Crippen molar-refractivity contribution in [3.05, 3.63) is 0 Å². The van der Waals surface area contributed by atoms with Crippen molar-refractivity contribution < 1.29 is 14.7 Å². The van der Waals surface area contributed by atoms with Crippen LogP contribution in [0, 0.1) is 0 Å². The summed E-state index contributed by atoms with van der Waals surface area (Å²) in [7, 11) is 0. The predicted octanol–water partition coefficient (Wildman–Crippen LogP) is -0.625. The van der Waals surface area contributed by atoms with Crippen LogP contribution in [0.5, 0.6) is 0 Å². The second-order valence-electron chi connectivity index (χ2n) is 2.64. The first-order chi connectivity index (χ1) is 6.02. The molecule has 0 N–H and O–H groups in total. The highest BCUT2D eigenvalue weighted by molar-refractivity contribution is 8.24. The molecule has 0 bridgehead atoms. The van der Waals surface area contributed by atoms with Gasteiger partial charge in [-0.2, -0.15) is 0 Å². The van der Waals surface area contributed by atoms with Crippen LogP contribution in [0.25, 0.3) is 0 Å². The Hall–Kier alpha value is -0.620. The first-order valence-electron chi connectivity index (χ1n) is 3.74. The van der Waals surface area contributed by atoms with Crippen LogP contribution in [0.2, 0.25) is 0 Å². The number of thioether (sulfide) groups is 1. The molecule has 1 saturated heterocycles. The van der Waals surface area contributed by atoms with Crippen LogP contribution >= 0.6 is 24.0 Å². The maximum atomic E-state index is 11.3. The molecule has 1 aliphatic rings. The lowest BCUT2D eigenvalue weighted by Crippen LogP contribution is -2.35. The van der Waals surface area contributed by atoms with E-state index in [-0.39, 0.29) is 24.1 Å². The first kappa shape index (κ1) is 10.5. The second kappa shape index (κ2) is 4.06. The van der Waals surface area contributed by atoms with E-state index < -0.39 is 5.97 Å². The minimum atomic E-state index is -1.17. The Morgan fingerprint density at radius 2 is 2.38 bits per heavy atom. The van der Waals surface area contributed by atoms with Gasteiger partial charge in [0.25, 0.3) is 0 Å². The van der Waals surface area contributed by atoms with Gasteiger partial charge in [0.2, 0.25) is 5.91 Å². The quantitative estimate of drug-likeness (QED) is 0.591. The topological polar surface area (TPSA) is 60.4 Å². The Labute approximate surface area is 85.3 Å². The molecule has 0 aromatic carbocycles. The molecule has 0 aromatic rings. The SMILES string of the molecule is C[C@H]1SC(=S)N(CCC(=O)[O-])C1=O. The Bertz CT molecular complexity index is 266. The summed E-state index contributed by atoms with van der Waals surface area (Å²) in [6.45, 7) is 1.87. The van der Waals surface area contributed by atoms with E-state index >= 15 is 0 Å². The fraction of sp³-hybridized carbons (Fsp3) is 0.571. The molecule has 0 radical (unpaired) electrons. The van der Waals surface area contributed by atoms with E-state index in [0.29, 0.717) is 4.32 Å². The van der Waals surface area contributed by atoms with Crippen molar-refractivity contribution in [2.75, 3.05) is 6.54 Å². The summed E-state index contributed by atoms with van der Waals surface area (Å²) in [4.78, 5) is 22.8. The number of rotatable bonds is 3. The summed E-state index contributed by atoms with van der Waals surface area (Å²) in [6, 6.07) is 0. The van der Waals surface area contributed by atoms with Crippen LogP contribution in [0.1, 0.15) is 13.3 Å². The zero-order chi connectivity index (χ0) is 10.0. The van der Waals surface area contributed by atoms with E-state index in [4.69, 9.17) is 12.2 Å². The molecule has 72 valence electrons. The minimum absolute atomic E-state index is 0.115. The Morgan fingerprint density at radius 1 is 1.77 bits per heavy atom. The van der Waals surface area contributed by atoms with Crippen LogP contribution in [0.4, 0.5) is 0 Å². The third-order valence-corrected chi connectivity index (χ3v) is 3.14. The van der Waals surface area contributed by atoms with Crippen LogP contribution in [-0.2, 0) is 9.59 Å². The third kappa shape index (κ3) is 2.41. The average Bonchev–Trinajstić information content (AvgIpc) is 2.24. The Balaban J connectivity index is 2.54. The van der Waals surface area contributed by atoms with Crippen molar-refractivity contribution >= 4 is 40.2 Å². The van der Waals surface area contributed by atoms with Crippen molar-refractivity contribution in [3.63, 3.8) is 0 Å². The number of hydrogen-bond donors (Lipinski definition) is 0. The summed E-state index contributed by atoms with van der Waals surface area (Å²) in [5.74, 6) is -1.28. The fourth-order valence-corrected chi connectivity index (χ4v) is 2.43. The molecule has 0 spiro atoms. The maximum Gasteiger partial charge on any atom is 0.241 e. The summed E-state index contributed by atoms with van der Waals surface area (Å²) < 4.78 is 0.457. The standard InChI is InChI=1S/C7H9NO3S2/c1-4-6(11)8(7(12)13-4)3-2-5(9)10/h4H,2-3H2,1H3,(H,9,10)/p-1/t4-/m1/s1. The van der Waals surface area contributed by atoms with Gasteiger partial charge in [-0.3, -0.25) is 9.69 Å². The molecule has 4 nitrogen and oxygen atoms in total. The molecule has 0 aliphatic carbocycles. The number of carboxylic acid groups (broad SMARTS) is 1. The van der Waals surface area contributed by atoms with Gasteiger partial charge >= 0.3 is 0 Å². The van der Waals surface area contributed by atoms with Crippen LogP contribution in [0.3, 0.4) is 0 Å². The molecule has 1 rings (SSSR count). The van der Waals surface area contributed by atoms with Crippen molar-refractivity contribution in [2.24, 2.45) is 0 Å². The number of carboxylic acids is 1. The van der Waals surface area contributed by atoms with E-state index in [1.54, 1.807) is 6.92 Å². The highest BCUT2D eigenvalue weighted by Gasteiger charge is 2.32. The van der Waals surface area contributed by atoms with Crippen LogP contribution in [0.15, 0.2) is 0 Å².